The maximum absolute atomic E-state index is 12.2. The van der Waals surface area contributed by atoms with Crippen LogP contribution in [0.25, 0.3) is 0 Å². The second-order valence-corrected chi connectivity index (χ2v) is 4.66. The largest absolute Gasteiger partial charge is 0.480 e. The van der Waals surface area contributed by atoms with E-state index in [2.05, 4.69) is 5.32 Å². The third-order valence-electron chi connectivity index (χ3n) is 2.47. The van der Waals surface area contributed by atoms with Crippen molar-refractivity contribution in [1.82, 2.24) is 5.32 Å². The molecule has 0 aliphatic carbocycles. The molecule has 1 aromatic carbocycles. The van der Waals surface area contributed by atoms with Crippen molar-refractivity contribution < 1.29 is 19.5 Å². The number of carboxylic acids is 1. The molecule has 0 aliphatic heterocycles. The molecule has 1 unspecified atom stereocenters. The molecule has 7 heteroatoms. The van der Waals surface area contributed by atoms with Gasteiger partial charge in [-0.1, -0.05) is 17.7 Å². The van der Waals surface area contributed by atoms with Gasteiger partial charge in [-0.2, -0.15) is 0 Å². The fourth-order valence-corrected chi connectivity index (χ4v) is 1.86. The van der Waals surface area contributed by atoms with E-state index in [1.807, 2.05) is 0 Å². The van der Waals surface area contributed by atoms with Gasteiger partial charge in [-0.05, 0) is 25.1 Å². The lowest BCUT2D eigenvalue weighted by Gasteiger charge is -2.24. The van der Waals surface area contributed by atoms with Gasteiger partial charge in [-0.25, -0.2) is 0 Å². The zero-order chi connectivity index (χ0) is 15.3. The minimum atomic E-state index is -1.16. The van der Waals surface area contributed by atoms with Crippen molar-refractivity contribution in [1.29, 1.82) is 0 Å². The molecule has 1 atom stereocenters. The Morgan fingerprint density at radius 3 is 2.55 bits per heavy atom. The number of nitrogens with zero attached hydrogens (tertiary/aromatic N) is 1. The minimum absolute atomic E-state index is 0.363. The summed E-state index contributed by atoms with van der Waals surface area (Å²) in [6, 6.07) is 5.47. The smallest absolute Gasteiger partial charge is 0.323 e. The summed E-state index contributed by atoms with van der Waals surface area (Å²) in [5.74, 6) is -2.05. The zero-order valence-electron chi connectivity index (χ0n) is 11.1. The predicted octanol–water partition coefficient (Wildman–Crippen LogP) is 1.28. The molecule has 20 heavy (non-hydrogen) atoms. The summed E-state index contributed by atoms with van der Waals surface area (Å²) in [5.41, 5.74) is 0.363. The van der Waals surface area contributed by atoms with Gasteiger partial charge >= 0.3 is 5.97 Å². The van der Waals surface area contributed by atoms with Crippen LogP contribution in [0.3, 0.4) is 0 Å². The van der Waals surface area contributed by atoms with Crippen LogP contribution in [0.4, 0.5) is 5.69 Å². The number of benzene rings is 1. The molecule has 0 saturated carbocycles. The van der Waals surface area contributed by atoms with Crippen LogP contribution in [0, 0.1) is 0 Å². The van der Waals surface area contributed by atoms with E-state index in [-0.39, 0.29) is 5.91 Å². The van der Waals surface area contributed by atoms with Crippen molar-refractivity contribution in [3.8, 4) is 0 Å². The Kier molecular flexibility index (Phi) is 5.52. The molecule has 2 N–H and O–H groups in total. The van der Waals surface area contributed by atoms with E-state index in [0.29, 0.717) is 10.7 Å². The summed E-state index contributed by atoms with van der Waals surface area (Å²) < 4.78 is 0. The van der Waals surface area contributed by atoms with Crippen LogP contribution < -0.4 is 10.2 Å². The molecule has 0 bridgehead atoms. The third kappa shape index (κ3) is 4.55. The normalized spacial score (nSPS) is 11.6. The van der Waals surface area contributed by atoms with Gasteiger partial charge < -0.3 is 10.4 Å². The standard InChI is InChI=1S/C13H15ClN2O4/c1-8(15-9(2)17)13(20)16(7-12(18)19)11-5-3-4-10(14)6-11/h3-6,8H,7H2,1-2H3,(H,15,17)(H,18,19). The lowest BCUT2D eigenvalue weighted by atomic mass is 10.2. The average Bonchev–Trinajstić information content (AvgIpc) is 2.34. The van der Waals surface area contributed by atoms with E-state index in [0.717, 1.165) is 4.90 Å². The molecule has 2 amide bonds. The topological polar surface area (TPSA) is 86.7 Å². The quantitative estimate of drug-likeness (QED) is 0.857. The third-order valence-corrected chi connectivity index (χ3v) is 2.70. The summed E-state index contributed by atoms with van der Waals surface area (Å²) in [6.45, 7) is 2.26. The Balaban J connectivity index is 3.03. The fourth-order valence-electron chi connectivity index (χ4n) is 1.68. The Morgan fingerprint density at radius 2 is 2.05 bits per heavy atom. The number of carbonyl (C=O) groups is 3. The molecule has 0 radical (unpaired) electrons. The molecule has 108 valence electrons. The fraction of sp³-hybridized carbons (Fsp3) is 0.308. The number of rotatable bonds is 5. The van der Waals surface area contributed by atoms with Crippen LogP contribution >= 0.6 is 11.6 Å². The number of anilines is 1. The van der Waals surface area contributed by atoms with Gasteiger partial charge in [-0.3, -0.25) is 19.3 Å². The molecule has 0 heterocycles. The van der Waals surface area contributed by atoms with Gasteiger partial charge in [0.1, 0.15) is 12.6 Å². The van der Waals surface area contributed by atoms with E-state index in [1.165, 1.54) is 19.9 Å². The molecule has 0 saturated heterocycles. The molecule has 6 nitrogen and oxygen atoms in total. The first-order valence-electron chi connectivity index (χ1n) is 5.87. The van der Waals surface area contributed by atoms with Crippen LogP contribution in [-0.4, -0.2) is 35.5 Å². The number of carbonyl (C=O) groups excluding carboxylic acids is 2. The lowest BCUT2D eigenvalue weighted by molar-refractivity contribution is -0.136. The maximum Gasteiger partial charge on any atom is 0.323 e. The molecular formula is C13H15ClN2O4. The highest BCUT2D eigenvalue weighted by molar-refractivity contribution is 6.31. The molecular weight excluding hydrogens is 284 g/mol. The van der Waals surface area contributed by atoms with Gasteiger partial charge in [0.05, 0.1) is 0 Å². The monoisotopic (exact) mass is 298 g/mol. The second kappa shape index (κ2) is 6.91. The van der Waals surface area contributed by atoms with Crippen molar-refractivity contribution in [2.24, 2.45) is 0 Å². The number of nitrogens with one attached hydrogen (secondary N) is 1. The Bertz CT molecular complexity index is 533. The van der Waals surface area contributed by atoms with Gasteiger partial charge in [-0.15, -0.1) is 0 Å². The number of hydrogen-bond acceptors (Lipinski definition) is 3. The van der Waals surface area contributed by atoms with E-state index >= 15 is 0 Å². The molecule has 0 aromatic heterocycles. The van der Waals surface area contributed by atoms with Crippen LogP contribution in [0.15, 0.2) is 24.3 Å². The Hall–Kier alpha value is -2.08. The number of halogens is 1. The van der Waals surface area contributed by atoms with Crippen LogP contribution in [0.2, 0.25) is 5.02 Å². The van der Waals surface area contributed by atoms with Crippen molar-refractivity contribution in [3.05, 3.63) is 29.3 Å². The van der Waals surface area contributed by atoms with E-state index in [4.69, 9.17) is 16.7 Å². The minimum Gasteiger partial charge on any atom is -0.480 e. The van der Waals surface area contributed by atoms with Gasteiger partial charge in [0.2, 0.25) is 11.8 Å². The van der Waals surface area contributed by atoms with Crippen molar-refractivity contribution >= 4 is 35.1 Å². The van der Waals surface area contributed by atoms with Crippen LogP contribution in [0.5, 0.6) is 0 Å². The number of aliphatic carboxylic acids is 1. The first kappa shape index (κ1) is 16.0. The maximum atomic E-state index is 12.2. The average molecular weight is 299 g/mol. The van der Waals surface area contributed by atoms with E-state index < -0.39 is 24.5 Å². The zero-order valence-corrected chi connectivity index (χ0v) is 11.8. The van der Waals surface area contributed by atoms with Gasteiger partial charge in [0, 0.05) is 17.6 Å². The van der Waals surface area contributed by atoms with Crippen molar-refractivity contribution in [3.63, 3.8) is 0 Å². The highest BCUT2D eigenvalue weighted by atomic mass is 35.5. The Morgan fingerprint density at radius 1 is 1.40 bits per heavy atom. The lowest BCUT2D eigenvalue weighted by Crippen LogP contribution is -2.48. The van der Waals surface area contributed by atoms with Crippen molar-refractivity contribution in [2.45, 2.75) is 19.9 Å². The summed E-state index contributed by atoms with van der Waals surface area (Å²) in [6.07, 6.45) is 0. The van der Waals surface area contributed by atoms with Gasteiger partial charge in [0.25, 0.3) is 0 Å². The number of hydrogen-bond donors (Lipinski definition) is 2. The van der Waals surface area contributed by atoms with E-state index in [9.17, 15) is 14.4 Å². The summed E-state index contributed by atoms with van der Waals surface area (Å²) in [4.78, 5) is 35.2. The molecule has 0 spiro atoms. The molecule has 1 aromatic rings. The van der Waals surface area contributed by atoms with Crippen molar-refractivity contribution in [2.75, 3.05) is 11.4 Å². The molecule has 1 rings (SSSR count). The number of carboxylic acid groups (broad SMARTS) is 1. The summed E-state index contributed by atoms with van der Waals surface area (Å²) >= 11 is 5.84. The van der Waals surface area contributed by atoms with E-state index in [1.54, 1.807) is 18.2 Å². The van der Waals surface area contributed by atoms with Crippen LogP contribution in [0.1, 0.15) is 13.8 Å². The van der Waals surface area contributed by atoms with Crippen LogP contribution in [-0.2, 0) is 14.4 Å². The summed E-state index contributed by atoms with van der Waals surface area (Å²) in [7, 11) is 0. The molecule has 0 aliphatic rings. The first-order valence-corrected chi connectivity index (χ1v) is 6.25. The SMILES string of the molecule is CC(=O)NC(C)C(=O)N(CC(=O)O)c1cccc(Cl)c1. The summed E-state index contributed by atoms with van der Waals surface area (Å²) in [5, 5.41) is 11.7. The second-order valence-electron chi connectivity index (χ2n) is 4.22. The Labute approximate surface area is 121 Å². The highest BCUT2D eigenvalue weighted by Gasteiger charge is 2.24. The number of amides is 2. The molecule has 0 fully saturated rings. The highest BCUT2D eigenvalue weighted by Crippen LogP contribution is 2.20. The first-order chi connectivity index (χ1) is 9.31. The predicted molar refractivity (Wildman–Crippen MR) is 74.7 cm³/mol. The van der Waals surface area contributed by atoms with Gasteiger partial charge in [0.15, 0.2) is 0 Å².